The normalized spacial score (nSPS) is 11.3. The van der Waals surface area contributed by atoms with Gasteiger partial charge in [-0.25, -0.2) is 4.98 Å². The molecule has 0 spiro atoms. The number of fused-ring (bicyclic) bond motifs is 1. The number of aromatic nitrogens is 2. The van der Waals surface area contributed by atoms with Crippen LogP contribution < -0.4 is 5.73 Å². The van der Waals surface area contributed by atoms with E-state index in [1.807, 2.05) is 24.3 Å². The molecule has 0 amide bonds. The van der Waals surface area contributed by atoms with Gasteiger partial charge in [-0.3, -0.25) is 0 Å². The van der Waals surface area contributed by atoms with Crippen LogP contribution in [0.3, 0.4) is 0 Å². The van der Waals surface area contributed by atoms with E-state index in [-0.39, 0.29) is 0 Å². The first-order valence-electron chi connectivity index (χ1n) is 7.53. The quantitative estimate of drug-likeness (QED) is 0.779. The third kappa shape index (κ3) is 2.74. The highest BCUT2D eigenvalue weighted by molar-refractivity contribution is 6.30. The van der Waals surface area contributed by atoms with E-state index in [9.17, 15) is 0 Å². The molecule has 2 N–H and O–H groups in total. The summed E-state index contributed by atoms with van der Waals surface area (Å²) in [7, 11) is 0. The third-order valence-electron chi connectivity index (χ3n) is 4.03. The largest absolute Gasteiger partial charge is 0.330 e. The summed E-state index contributed by atoms with van der Waals surface area (Å²) >= 11 is 6.14. The Balaban J connectivity index is 2.23. The van der Waals surface area contributed by atoms with Crippen LogP contribution in [-0.2, 0) is 6.54 Å². The van der Waals surface area contributed by atoms with E-state index in [0.717, 1.165) is 40.4 Å². The van der Waals surface area contributed by atoms with Gasteiger partial charge in [0.05, 0.1) is 11.0 Å². The third-order valence-corrected chi connectivity index (χ3v) is 4.27. The monoisotopic (exact) mass is 313 g/mol. The molecule has 0 unspecified atom stereocenters. The first-order chi connectivity index (χ1) is 10.6. The van der Waals surface area contributed by atoms with Gasteiger partial charge in [-0.1, -0.05) is 23.7 Å². The molecule has 1 heterocycles. The van der Waals surface area contributed by atoms with Crippen molar-refractivity contribution < 1.29 is 0 Å². The van der Waals surface area contributed by atoms with Gasteiger partial charge in [0.2, 0.25) is 0 Å². The number of nitrogens with two attached hydrogens (primary N) is 1. The fourth-order valence-electron chi connectivity index (χ4n) is 2.70. The number of rotatable bonds is 4. The van der Waals surface area contributed by atoms with E-state index in [2.05, 4.69) is 30.5 Å². The number of hydrogen-bond acceptors (Lipinski definition) is 2. The summed E-state index contributed by atoms with van der Waals surface area (Å²) in [6, 6.07) is 12.2. The second kappa shape index (κ2) is 6.11. The summed E-state index contributed by atoms with van der Waals surface area (Å²) < 4.78 is 2.25. The van der Waals surface area contributed by atoms with Crippen molar-refractivity contribution in [2.45, 2.75) is 26.8 Å². The molecule has 3 aromatic rings. The summed E-state index contributed by atoms with van der Waals surface area (Å²) in [5.74, 6) is 0.955. The molecule has 0 radical (unpaired) electrons. The van der Waals surface area contributed by atoms with Gasteiger partial charge < -0.3 is 10.3 Å². The van der Waals surface area contributed by atoms with Crippen molar-refractivity contribution in [3.8, 4) is 11.4 Å². The fourth-order valence-corrected chi connectivity index (χ4v) is 2.89. The molecule has 0 saturated heterocycles. The molecule has 0 bridgehead atoms. The van der Waals surface area contributed by atoms with Crippen LogP contribution in [0.2, 0.25) is 5.02 Å². The lowest BCUT2D eigenvalue weighted by atomic mass is 10.1. The van der Waals surface area contributed by atoms with E-state index in [0.29, 0.717) is 6.54 Å². The van der Waals surface area contributed by atoms with E-state index in [1.54, 1.807) is 0 Å². The number of imidazole rings is 1. The van der Waals surface area contributed by atoms with Crippen molar-refractivity contribution in [1.29, 1.82) is 0 Å². The van der Waals surface area contributed by atoms with Gasteiger partial charge in [0.1, 0.15) is 5.82 Å². The standard InChI is InChI=1S/C18H20ClN3/c1-12-9-16-17(10-13(12)2)22(8-4-7-20)18(21-16)14-5-3-6-15(19)11-14/h3,5-6,9-11H,4,7-8,20H2,1-2H3. The lowest BCUT2D eigenvalue weighted by molar-refractivity contribution is 0.671. The molecule has 114 valence electrons. The Morgan fingerprint density at radius 2 is 1.91 bits per heavy atom. The highest BCUT2D eigenvalue weighted by atomic mass is 35.5. The predicted molar refractivity (Wildman–Crippen MR) is 93.3 cm³/mol. The Labute approximate surface area is 135 Å². The molecule has 0 atom stereocenters. The number of hydrogen-bond donors (Lipinski definition) is 1. The second-order valence-electron chi connectivity index (χ2n) is 5.66. The van der Waals surface area contributed by atoms with Crippen molar-refractivity contribution in [1.82, 2.24) is 9.55 Å². The zero-order chi connectivity index (χ0) is 15.7. The van der Waals surface area contributed by atoms with Gasteiger partial charge in [0.15, 0.2) is 0 Å². The Bertz CT molecular complexity index is 821. The molecule has 0 fully saturated rings. The first-order valence-corrected chi connectivity index (χ1v) is 7.91. The summed E-state index contributed by atoms with van der Waals surface area (Å²) in [5, 5.41) is 0.724. The second-order valence-corrected chi connectivity index (χ2v) is 6.10. The van der Waals surface area contributed by atoms with Crippen LogP contribution >= 0.6 is 11.6 Å². The van der Waals surface area contributed by atoms with Crippen molar-refractivity contribution >= 4 is 22.6 Å². The maximum absolute atomic E-state index is 6.14. The highest BCUT2D eigenvalue weighted by Crippen LogP contribution is 2.28. The Morgan fingerprint density at radius 3 is 2.64 bits per heavy atom. The first kappa shape index (κ1) is 15.1. The van der Waals surface area contributed by atoms with Gasteiger partial charge in [0.25, 0.3) is 0 Å². The van der Waals surface area contributed by atoms with Crippen LogP contribution in [0.4, 0.5) is 0 Å². The highest BCUT2D eigenvalue weighted by Gasteiger charge is 2.13. The Morgan fingerprint density at radius 1 is 1.14 bits per heavy atom. The molecule has 1 aromatic heterocycles. The molecule has 0 aliphatic carbocycles. The summed E-state index contributed by atoms with van der Waals surface area (Å²) in [5.41, 5.74) is 11.5. The van der Waals surface area contributed by atoms with Crippen molar-refractivity contribution in [2.75, 3.05) is 6.54 Å². The van der Waals surface area contributed by atoms with Gasteiger partial charge in [-0.15, -0.1) is 0 Å². The zero-order valence-electron chi connectivity index (χ0n) is 12.9. The minimum absolute atomic E-state index is 0.666. The Hall–Kier alpha value is -1.84. The SMILES string of the molecule is Cc1cc2nc(-c3cccc(Cl)c3)n(CCCN)c2cc1C. The van der Waals surface area contributed by atoms with Crippen LogP contribution in [-0.4, -0.2) is 16.1 Å². The van der Waals surface area contributed by atoms with Crippen molar-refractivity contribution in [3.05, 3.63) is 52.5 Å². The molecule has 0 saturated carbocycles. The average molecular weight is 314 g/mol. The minimum Gasteiger partial charge on any atom is -0.330 e. The lowest BCUT2D eigenvalue weighted by Crippen LogP contribution is -2.07. The smallest absolute Gasteiger partial charge is 0.141 e. The van der Waals surface area contributed by atoms with Crippen LogP contribution in [0.15, 0.2) is 36.4 Å². The Kier molecular flexibility index (Phi) is 4.19. The average Bonchev–Trinajstić information content (AvgIpc) is 2.83. The van der Waals surface area contributed by atoms with Crippen LogP contribution in [0.1, 0.15) is 17.5 Å². The number of nitrogens with zero attached hydrogens (tertiary/aromatic N) is 2. The summed E-state index contributed by atoms with van der Waals surface area (Å²) in [6.45, 7) is 5.78. The maximum atomic E-state index is 6.14. The van der Waals surface area contributed by atoms with Crippen LogP contribution in [0.5, 0.6) is 0 Å². The van der Waals surface area contributed by atoms with Crippen molar-refractivity contribution in [2.24, 2.45) is 5.73 Å². The molecule has 22 heavy (non-hydrogen) atoms. The van der Waals surface area contributed by atoms with Gasteiger partial charge in [-0.05, 0) is 62.2 Å². The topological polar surface area (TPSA) is 43.8 Å². The van der Waals surface area contributed by atoms with E-state index >= 15 is 0 Å². The van der Waals surface area contributed by atoms with Gasteiger partial charge in [-0.2, -0.15) is 0 Å². The molecule has 3 nitrogen and oxygen atoms in total. The molecule has 3 rings (SSSR count). The van der Waals surface area contributed by atoms with Crippen LogP contribution in [0, 0.1) is 13.8 Å². The summed E-state index contributed by atoms with van der Waals surface area (Å²) in [6.07, 6.45) is 0.923. The van der Waals surface area contributed by atoms with Crippen molar-refractivity contribution in [3.63, 3.8) is 0 Å². The van der Waals surface area contributed by atoms with E-state index in [4.69, 9.17) is 22.3 Å². The summed E-state index contributed by atoms with van der Waals surface area (Å²) in [4.78, 5) is 4.84. The molecular formula is C18H20ClN3. The zero-order valence-corrected chi connectivity index (χ0v) is 13.7. The van der Waals surface area contributed by atoms with Gasteiger partial charge >= 0.3 is 0 Å². The minimum atomic E-state index is 0.666. The molecule has 0 aliphatic heterocycles. The number of aryl methyl sites for hydroxylation is 3. The van der Waals surface area contributed by atoms with E-state index < -0.39 is 0 Å². The number of halogens is 1. The van der Waals surface area contributed by atoms with E-state index in [1.165, 1.54) is 11.1 Å². The lowest BCUT2D eigenvalue weighted by Gasteiger charge is -2.09. The van der Waals surface area contributed by atoms with Gasteiger partial charge in [0, 0.05) is 17.1 Å². The molecular weight excluding hydrogens is 294 g/mol. The fraction of sp³-hybridized carbons (Fsp3) is 0.278. The van der Waals surface area contributed by atoms with Crippen LogP contribution in [0.25, 0.3) is 22.4 Å². The molecule has 2 aromatic carbocycles. The number of benzene rings is 2. The maximum Gasteiger partial charge on any atom is 0.141 e. The predicted octanol–water partition coefficient (Wildman–Crippen LogP) is 4.32. The molecule has 4 heteroatoms. The molecule has 0 aliphatic rings.